The number of carbonyl (C=O) groups excluding carboxylic acids is 1. The van der Waals surface area contributed by atoms with Gasteiger partial charge in [0.15, 0.2) is 0 Å². The highest BCUT2D eigenvalue weighted by molar-refractivity contribution is 6.42. The molecule has 1 N–H and O–H groups in total. The monoisotopic (exact) mass is 556 g/mol. The molecule has 8 heteroatoms. The topological polar surface area (TPSA) is 62.2 Å². The second-order valence-electron chi connectivity index (χ2n) is 9.69. The normalized spacial score (nSPS) is 16.1. The van der Waals surface area contributed by atoms with E-state index in [0.29, 0.717) is 42.6 Å². The van der Waals surface area contributed by atoms with Crippen LogP contribution in [-0.4, -0.2) is 60.8 Å². The van der Waals surface area contributed by atoms with Gasteiger partial charge in [-0.3, -0.25) is 0 Å². The van der Waals surface area contributed by atoms with Gasteiger partial charge in [0.25, 0.3) is 0 Å². The van der Waals surface area contributed by atoms with E-state index in [2.05, 4.69) is 4.90 Å². The predicted molar refractivity (Wildman–Crippen MR) is 150 cm³/mol. The van der Waals surface area contributed by atoms with Gasteiger partial charge in [-0.2, -0.15) is 0 Å². The van der Waals surface area contributed by atoms with Crippen molar-refractivity contribution < 1.29 is 19.4 Å². The van der Waals surface area contributed by atoms with E-state index in [1.807, 2.05) is 66.7 Å². The van der Waals surface area contributed by atoms with E-state index < -0.39 is 17.8 Å². The van der Waals surface area contributed by atoms with Crippen LogP contribution in [-0.2, 0) is 21.7 Å². The largest absolute Gasteiger partial charge is 0.445 e. The molecule has 4 rings (SSSR count). The van der Waals surface area contributed by atoms with Gasteiger partial charge in [-0.25, -0.2) is 4.79 Å². The summed E-state index contributed by atoms with van der Waals surface area (Å²) in [5.74, 6) is 0. The van der Waals surface area contributed by atoms with Crippen molar-refractivity contribution in [2.45, 2.75) is 31.2 Å². The van der Waals surface area contributed by atoms with Crippen molar-refractivity contribution in [3.63, 3.8) is 0 Å². The van der Waals surface area contributed by atoms with Gasteiger partial charge < -0.3 is 24.4 Å². The Bertz CT molecular complexity index is 1170. The number of amides is 1. The fourth-order valence-electron chi connectivity index (χ4n) is 4.63. The first-order valence-corrected chi connectivity index (χ1v) is 13.6. The number of ether oxygens (including phenoxy) is 2. The lowest BCUT2D eigenvalue weighted by atomic mass is 9.84. The van der Waals surface area contributed by atoms with Gasteiger partial charge in [0.05, 0.1) is 28.8 Å². The predicted octanol–water partition coefficient (Wildman–Crippen LogP) is 6.30. The second-order valence-corrected chi connectivity index (χ2v) is 10.5. The molecule has 1 amide bonds. The Morgan fingerprint density at radius 1 is 1.00 bits per heavy atom. The number of likely N-dealkylation sites (tertiary alicyclic amines) is 1. The van der Waals surface area contributed by atoms with Gasteiger partial charge in [-0.15, -0.1) is 0 Å². The Hall–Kier alpha value is -2.61. The minimum atomic E-state index is -0.788. The number of likely N-dealkylation sites (N-methyl/N-ethyl adjacent to an activating group) is 1. The van der Waals surface area contributed by atoms with Crippen LogP contribution < -0.4 is 0 Å². The molecule has 3 aromatic rings. The third-order valence-electron chi connectivity index (χ3n) is 6.99. The zero-order valence-corrected chi connectivity index (χ0v) is 23.1. The highest BCUT2D eigenvalue weighted by Gasteiger charge is 2.33. The molecule has 202 valence electrons. The lowest BCUT2D eigenvalue weighted by Crippen LogP contribution is -2.43. The number of hydrogen-bond acceptors (Lipinski definition) is 5. The number of hydrogen-bond donors (Lipinski definition) is 1. The van der Waals surface area contributed by atoms with Crippen molar-refractivity contribution in [3.05, 3.63) is 106 Å². The number of carbonyl (C=O) groups is 1. The molecule has 1 fully saturated rings. The smallest absolute Gasteiger partial charge is 0.409 e. The second kappa shape index (κ2) is 13.5. The summed E-state index contributed by atoms with van der Waals surface area (Å²) in [6.45, 7) is 3.22. The molecule has 1 aliphatic rings. The molecule has 0 bridgehead atoms. The first-order valence-electron chi connectivity index (χ1n) is 12.8. The minimum Gasteiger partial charge on any atom is -0.445 e. The summed E-state index contributed by atoms with van der Waals surface area (Å²) in [4.78, 5) is 16.5. The first-order chi connectivity index (χ1) is 18.3. The molecule has 6 nitrogen and oxygen atoms in total. The number of halogens is 2. The molecule has 0 spiro atoms. The molecule has 38 heavy (non-hydrogen) atoms. The van der Waals surface area contributed by atoms with Gasteiger partial charge in [-0.05, 0) is 41.7 Å². The molecule has 1 saturated heterocycles. The molecule has 1 unspecified atom stereocenters. The summed E-state index contributed by atoms with van der Waals surface area (Å²) in [6.07, 6.45) is 0.496. The van der Waals surface area contributed by atoms with E-state index in [-0.39, 0.29) is 6.61 Å². The third-order valence-corrected chi connectivity index (χ3v) is 7.73. The fourth-order valence-corrected chi connectivity index (χ4v) is 4.93. The summed E-state index contributed by atoms with van der Waals surface area (Å²) >= 11 is 12.4. The van der Waals surface area contributed by atoms with Crippen molar-refractivity contribution in [1.82, 2.24) is 9.80 Å². The third kappa shape index (κ3) is 7.71. The first kappa shape index (κ1) is 28.4. The van der Waals surface area contributed by atoms with Gasteiger partial charge >= 0.3 is 6.09 Å². The maximum atomic E-state index is 12.7. The van der Waals surface area contributed by atoms with Gasteiger partial charge in [0, 0.05) is 26.7 Å². The maximum Gasteiger partial charge on any atom is 0.409 e. The SMILES string of the molecule is CN(CC(OCCN1CCC(O)(c2ccccc2)CC1)c1ccc(Cl)c(Cl)c1)C(=O)OCc1ccccc1. The molecular weight excluding hydrogens is 523 g/mol. The van der Waals surface area contributed by atoms with Gasteiger partial charge in [-0.1, -0.05) is 89.9 Å². The lowest BCUT2D eigenvalue weighted by molar-refractivity contribution is -0.0379. The van der Waals surface area contributed by atoms with E-state index in [0.717, 1.165) is 29.8 Å². The molecule has 3 aromatic carbocycles. The number of rotatable bonds is 10. The highest BCUT2D eigenvalue weighted by atomic mass is 35.5. The van der Waals surface area contributed by atoms with Crippen molar-refractivity contribution in [2.24, 2.45) is 0 Å². The minimum absolute atomic E-state index is 0.201. The average Bonchev–Trinajstić information content (AvgIpc) is 2.94. The van der Waals surface area contributed by atoms with Crippen LogP contribution in [0, 0.1) is 0 Å². The Morgan fingerprint density at radius 2 is 1.66 bits per heavy atom. The molecule has 0 saturated carbocycles. The molecule has 1 heterocycles. The summed E-state index contributed by atoms with van der Waals surface area (Å²) < 4.78 is 11.8. The van der Waals surface area contributed by atoms with Crippen LogP contribution in [0.2, 0.25) is 10.0 Å². The highest BCUT2D eigenvalue weighted by Crippen LogP contribution is 2.33. The van der Waals surface area contributed by atoms with Crippen LogP contribution in [0.1, 0.15) is 35.6 Å². The fraction of sp³-hybridized carbons (Fsp3) is 0.367. The standard InChI is InChI=1S/C30H34Cl2N2O4/c1-33(29(35)38-22-23-8-4-2-5-9-23)21-28(24-12-13-26(31)27(32)20-24)37-19-18-34-16-14-30(36,15-17-34)25-10-6-3-7-11-25/h2-13,20,28,36H,14-19,21-22H2,1H3. The molecule has 0 aromatic heterocycles. The number of aliphatic hydroxyl groups is 1. The van der Waals surface area contributed by atoms with Crippen LogP contribution in [0.3, 0.4) is 0 Å². The Kier molecular flexibility index (Phi) is 10.1. The van der Waals surface area contributed by atoms with Crippen LogP contribution in [0.15, 0.2) is 78.9 Å². The summed E-state index contributed by atoms with van der Waals surface area (Å²) in [7, 11) is 1.69. The quantitative estimate of drug-likeness (QED) is 0.317. The maximum absolute atomic E-state index is 12.7. The Balaban J connectivity index is 1.32. The van der Waals surface area contributed by atoms with Gasteiger partial charge in [0.2, 0.25) is 0 Å². The van der Waals surface area contributed by atoms with Crippen LogP contribution in [0.25, 0.3) is 0 Å². The van der Waals surface area contributed by atoms with Gasteiger partial charge in [0.1, 0.15) is 12.7 Å². The summed E-state index contributed by atoms with van der Waals surface area (Å²) in [6, 6.07) is 24.8. The van der Waals surface area contributed by atoms with E-state index in [1.54, 1.807) is 19.2 Å². The van der Waals surface area contributed by atoms with E-state index in [4.69, 9.17) is 32.7 Å². The lowest BCUT2D eigenvalue weighted by Gasteiger charge is -2.38. The van der Waals surface area contributed by atoms with E-state index in [9.17, 15) is 9.90 Å². The molecule has 1 aliphatic heterocycles. The number of nitrogens with zero attached hydrogens (tertiary/aromatic N) is 2. The van der Waals surface area contributed by atoms with Crippen LogP contribution in [0.4, 0.5) is 4.79 Å². The number of piperidine rings is 1. The van der Waals surface area contributed by atoms with Crippen molar-refractivity contribution in [1.29, 1.82) is 0 Å². The zero-order chi connectivity index (χ0) is 27.0. The molecular formula is C30H34Cl2N2O4. The van der Waals surface area contributed by atoms with Crippen LogP contribution in [0.5, 0.6) is 0 Å². The van der Waals surface area contributed by atoms with E-state index in [1.165, 1.54) is 4.90 Å². The van der Waals surface area contributed by atoms with E-state index >= 15 is 0 Å². The zero-order valence-electron chi connectivity index (χ0n) is 21.6. The van der Waals surface area contributed by atoms with Crippen molar-refractivity contribution >= 4 is 29.3 Å². The number of benzene rings is 3. The van der Waals surface area contributed by atoms with Crippen molar-refractivity contribution in [2.75, 3.05) is 39.8 Å². The molecule has 1 atom stereocenters. The molecule has 0 aliphatic carbocycles. The average molecular weight is 558 g/mol. The summed E-state index contributed by atoms with van der Waals surface area (Å²) in [5, 5.41) is 12.0. The van der Waals surface area contributed by atoms with Crippen molar-refractivity contribution in [3.8, 4) is 0 Å². The Labute approximate surface area is 234 Å². The summed E-state index contributed by atoms with van der Waals surface area (Å²) in [5.41, 5.74) is 1.94. The Morgan fingerprint density at radius 3 is 2.32 bits per heavy atom. The van der Waals surface area contributed by atoms with Crippen LogP contribution >= 0.6 is 23.2 Å². The molecule has 0 radical (unpaired) electrons.